The highest BCUT2D eigenvalue weighted by atomic mass is 14.5. The second kappa shape index (κ2) is 10.0. The maximum atomic E-state index is 5.52. The molecule has 104 valence electrons. The molecule has 4 N–H and O–H groups in total. The van der Waals surface area contributed by atoms with Gasteiger partial charge in [0.05, 0.1) is 0 Å². The first-order chi connectivity index (χ1) is 9.02. The summed E-state index contributed by atoms with van der Waals surface area (Å²) in [5.74, 6) is 0. The molecule has 0 bridgehead atoms. The fraction of sp³-hybridized carbons (Fsp3) is 0.294. The van der Waals surface area contributed by atoms with Crippen molar-refractivity contribution >= 4 is 11.4 Å². The van der Waals surface area contributed by atoms with Gasteiger partial charge in [-0.25, -0.2) is 0 Å². The molecule has 0 unspecified atom stereocenters. The lowest BCUT2D eigenvalue weighted by atomic mass is 10.2. The van der Waals surface area contributed by atoms with Crippen molar-refractivity contribution in [1.29, 1.82) is 0 Å². The molecule has 0 saturated heterocycles. The summed E-state index contributed by atoms with van der Waals surface area (Å²) in [6, 6.07) is 15.6. The molecule has 0 aliphatic heterocycles. The number of para-hydroxylation sites is 2. The lowest BCUT2D eigenvalue weighted by Crippen LogP contribution is -1.85. The van der Waals surface area contributed by atoms with Gasteiger partial charge in [-0.15, -0.1) is 0 Å². The molecule has 0 heterocycles. The number of rotatable bonds is 0. The van der Waals surface area contributed by atoms with Crippen LogP contribution in [0.15, 0.2) is 48.5 Å². The third-order valence-electron chi connectivity index (χ3n) is 2.38. The second-order valence-corrected chi connectivity index (χ2v) is 4.42. The van der Waals surface area contributed by atoms with Gasteiger partial charge in [-0.1, -0.05) is 56.7 Å². The van der Waals surface area contributed by atoms with Crippen LogP contribution < -0.4 is 11.5 Å². The Bertz CT molecular complexity index is 379. The van der Waals surface area contributed by atoms with Gasteiger partial charge < -0.3 is 11.5 Å². The highest BCUT2D eigenvalue weighted by molar-refractivity contribution is 5.45. The topological polar surface area (TPSA) is 52.0 Å². The van der Waals surface area contributed by atoms with E-state index in [-0.39, 0.29) is 0 Å². The summed E-state index contributed by atoms with van der Waals surface area (Å²) in [6.07, 6.45) is 1.25. The zero-order chi connectivity index (χ0) is 14.7. The summed E-state index contributed by atoms with van der Waals surface area (Å²) >= 11 is 0. The molecule has 0 aromatic heterocycles. The minimum atomic E-state index is 0.868. The van der Waals surface area contributed by atoms with E-state index in [1.807, 2.05) is 62.4 Å². The van der Waals surface area contributed by atoms with E-state index in [0.29, 0.717) is 0 Å². The lowest BCUT2D eigenvalue weighted by Gasteiger charge is -1.93. The largest absolute Gasteiger partial charge is 0.399 e. The van der Waals surface area contributed by atoms with Crippen molar-refractivity contribution in [2.24, 2.45) is 0 Å². The molecule has 0 fully saturated rings. The average Bonchev–Trinajstić information content (AvgIpc) is 2.38. The van der Waals surface area contributed by atoms with E-state index in [9.17, 15) is 0 Å². The molecule has 2 nitrogen and oxygen atoms in total. The van der Waals surface area contributed by atoms with Crippen LogP contribution in [0.5, 0.6) is 0 Å². The number of nitrogen functional groups attached to an aromatic ring is 2. The van der Waals surface area contributed by atoms with Crippen molar-refractivity contribution in [3.63, 3.8) is 0 Å². The standard InChI is InChI=1S/2C7H9N.C3H8/c2*1-6-4-2-3-5-7(6)8;1-3-2/h2*2-5H,8H2,1H3;3H2,1-2H3. The maximum absolute atomic E-state index is 5.52. The third-order valence-corrected chi connectivity index (χ3v) is 2.38. The van der Waals surface area contributed by atoms with Gasteiger partial charge in [-0.2, -0.15) is 0 Å². The molecular weight excluding hydrogens is 232 g/mol. The Hall–Kier alpha value is -1.96. The van der Waals surface area contributed by atoms with Crippen LogP contribution in [0.1, 0.15) is 31.4 Å². The average molecular weight is 258 g/mol. The molecular formula is C17H26N2. The van der Waals surface area contributed by atoms with Crippen LogP contribution >= 0.6 is 0 Å². The molecule has 19 heavy (non-hydrogen) atoms. The molecule has 2 rings (SSSR count). The van der Waals surface area contributed by atoms with Gasteiger partial charge in [0.15, 0.2) is 0 Å². The van der Waals surface area contributed by atoms with Gasteiger partial charge in [-0.05, 0) is 37.1 Å². The monoisotopic (exact) mass is 258 g/mol. The molecule has 0 atom stereocenters. The van der Waals surface area contributed by atoms with Gasteiger partial charge in [0.2, 0.25) is 0 Å². The van der Waals surface area contributed by atoms with Gasteiger partial charge in [0.1, 0.15) is 0 Å². The van der Waals surface area contributed by atoms with Crippen LogP contribution in [0.25, 0.3) is 0 Å². The normalized spacial score (nSPS) is 8.63. The molecule has 2 aromatic rings. The van der Waals surface area contributed by atoms with Gasteiger partial charge in [0, 0.05) is 11.4 Å². The number of nitrogens with two attached hydrogens (primary N) is 2. The summed E-state index contributed by atoms with van der Waals surface area (Å²) in [6.45, 7) is 8.24. The van der Waals surface area contributed by atoms with E-state index in [2.05, 4.69) is 13.8 Å². The van der Waals surface area contributed by atoms with E-state index < -0.39 is 0 Å². The zero-order valence-corrected chi connectivity index (χ0v) is 12.5. The first-order valence-electron chi connectivity index (χ1n) is 6.65. The van der Waals surface area contributed by atoms with Crippen molar-refractivity contribution in [3.05, 3.63) is 59.7 Å². The first-order valence-corrected chi connectivity index (χ1v) is 6.65. The Labute approximate surface area is 117 Å². The van der Waals surface area contributed by atoms with Crippen molar-refractivity contribution < 1.29 is 0 Å². The molecule has 0 spiro atoms. The predicted molar refractivity (Wildman–Crippen MR) is 87.1 cm³/mol. The molecule has 2 heteroatoms. The van der Waals surface area contributed by atoms with Crippen molar-refractivity contribution in [3.8, 4) is 0 Å². The van der Waals surface area contributed by atoms with Gasteiger partial charge in [0.25, 0.3) is 0 Å². The SMILES string of the molecule is CCC.Cc1ccccc1N.Cc1ccccc1N. The Balaban J connectivity index is 0.000000284. The minimum Gasteiger partial charge on any atom is -0.399 e. The Morgan fingerprint density at radius 1 is 0.684 bits per heavy atom. The number of benzene rings is 2. The summed E-state index contributed by atoms with van der Waals surface area (Å²) < 4.78 is 0. The summed E-state index contributed by atoms with van der Waals surface area (Å²) in [4.78, 5) is 0. The fourth-order valence-electron chi connectivity index (χ4n) is 1.17. The molecule has 0 aliphatic rings. The third kappa shape index (κ3) is 7.87. The molecule has 2 aromatic carbocycles. The summed E-state index contributed by atoms with van der Waals surface area (Å²) in [5, 5.41) is 0. The van der Waals surface area contributed by atoms with Crippen molar-refractivity contribution in [1.82, 2.24) is 0 Å². The van der Waals surface area contributed by atoms with Crippen LogP contribution in [0.3, 0.4) is 0 Å². The van der Waals surface area contributed by atoms with E-state index in [0.717, 1.165) is 22.5 Å². The van der Waals surface area contributed by atoms with E-state index in [1.54, 1.807) is 0 Å². The van der Waals surface area contributed by atoms with Crippen molar-refractivity contribution in [2.75, 3.05) is 11.5 Å². The Kier molecular flexibility index (Phi) is 8.98. The molecule has 0 radical (unpaired) electrons. The molecule has 0 aliphatic carbocycles. The van der Waals surface area contributed by atoms with Crippen LogP contribution in [0.4, 0.5) is 11.4 Å². The number of aryl methyl sites for hydroxylation is 2. The Morgan fingerprint density at radius 2 is 0.947 bits per heavy atom. The zero-order valence-electron chi connectivity index (χ0n) is 12.5. The predicted octanol–water partition coefficient (Wildman–Crippen LogP) is 4.57. The highest BCUT2D eigenvalue weighted by Gasteiger charge is 1.85. The number of hydrogen-bond donors (Lipinski definition) is 2. The van der Waals surface area contributed by atoms with E-state index in [4.69, 9.17) is 11.5 Å². The summed E-state index contributed by atoms with van der Waals surface area (Å²) in [5.41, 5.74) is 15.1. The van der Waals surface area contributed by atoms with Crippen LogP contribution in [0, 0.1) is 13.8 Å². The fourth-order valence-corrected chi connectivity index (χ4v) is 1.17. The molecule has 0 saturated carbocycles. The number of hydrogen-bond acceptors (Lipinski definition) is 2. The first kappa shape index (κ1) is 17.0. The van der Waals surface area contributed by atoms with Gasteiger partial charge >= 0.3 is 0 Å². The van der Waals surface area contributed by atoms with Crippen LogP contribution in [-0.4, -0.2) is 0 Å². The molecule has 0 amide bonds. The lowest BCUT2D eigenvalue weighted by molar-refractivity contribution is 1.09. The smallest absolute Gasteiger partial charge is 0.0343 e. The Morgan fingerprint density at radius 3 is 1.11 bits per heavy atom. The van der Waals surface area contributed by atoms with E-state index >= 15 is 0 Å². The van der Waals surface area contributed by atoms with Gasteiger partial charge in [-0.3, -0.25) is 0 Å². The van der Waals surface area contributed by atoms with Crippen LogP contribution in [0.2, 0.25) is 0 Å². The summed E-state index contributed by atoms with van der Waals surface area (Å²) in [7, 11) is 0. The van der Waals surface area contributed by atoms with E-state index in [1.165, 1.54) is 6.42 Å². The van der Waals surface area contributed by atoms with Crippen molar-refractivity contribution in [2.45, 2.75) is 34.1 Å². The minimum absolute atomic E-state index is 0.868. The quantitative estimate of drug-likeness (QED) is 0.680. The number of anilines is 2. The maximum Gasteiger partial charge on any atom is 0.0343 e. The highest BCUT2D eigenvalue weighted by Crippen LogP contribution is 2.07. The van der Waals surface area contributed by atoms with Crippen LogP contribution in [-0.2, 0) is 0 Å². The second-order valence-electron chi connectivity index (χ2n) is 4.42.